The zero-order valence-corrected chi connectivity index (χ0v) is 12.8. The van der Waals surface area contributed by atoms with Crippen molar-refractivity contribution in [2.24, 2.45) is 0 Å². The number of para-hydroxylation sites is 1. The molecule has 1 amide bonds. The minimum absolute atomic E-state index is 0.145. The van der Waals surface area contributed by atoms with Crippen molar-refractivity contribution in [1.82, 2.24) is 9.88 Å². The molecule has 5 heteroatoms. The van der Waals surface area contributed by atoms with Crippen LogP contribution in [-0.2, 0) is 6.54 Å². The third kappa shape index (κ3) is 3.73. The van der Waals surface area contributed by atoms with Crippen molar-refractivity contribution in [2.45, 2.75) is 13.5 Å². The fourth-order valence-corrected chi connectivity index (χ4v) is 2.21. The van der Waals surface area contributed by atoms with E-state index in [0.29, 0.717) is 23.7 Å². The molecule has 0 saturated heterocycles. The molecule has 21 heavy (non-hydrogen) atoms. The predicted molar refractivity (Wildman–Crippen MR) is 82.7 cm³/mol. The third-order valence-electron chi connectivity index (χ3n) is 3.03. The normalized spacial score (nSPS) is 10.2. The fraction of sp³-hybridized carbons (Fsp3) is 0.250. The molecule has 0 bridgehead atoms. The van der Waals surface area contributed by atoms with Gasteiger partial charge < -0.3 is 9.64 Å². The number of nitrogens with zero attached hydrogens (tertiary/aromatic N) is 2. The lowest BCUT2D eigenvalue weighted by molar-refractivity contribution is 0.0784. The van der Waals surface area contributed by atoms with Crippen LogP contribution in [0.15, 0.2) is 42.7 Å². The van der Waals surface area contributed by atoms with E-state index in [1.54, 1.807) is 24.2 Å². The van der Waals surface area contributed by atoms with E-state index in [-0.39, 0.29) is 5.91 Å². The van der Waals surface area contributed by atoms with Crippen LogP contribution < -0.4 is 4.74 Å². The van der Waals surface area contributed by atoms with E-state index in [1.807, 2.05) is 31.2 Å². The van der Waals surface area contributed by atoms with E-state index >= 15 is 0 Å². The van der Waals surface area contributed by atoms with Crippen molar-refractivity contribution in [3.8, 4) is 5.75 Å². The van der Waals surface area contributed by atoms with E-state index in [4.69, 9.17) is 16.3 Å². The van der Waals surface area contributed by atoms with Crippen molar-refractivity contribution in [3.05, 3.63) is 58.9 Å². The molecular formula is C16H17ClN2O2. The van der Waals surface area contributed by atoms with Gasteiger partial charge in [-0.05, 0) is 19.1 Å². The zero-order valence-electron chi connectivity index (χ0n) is 12.0. The summed E-state index contributed by atoms with van der Waals surface area (Å²) in [6.45, 7) is 2.97. The molecule has 2 rings (SSSR count). The van der Waals surface area contributed by atoms with Crippen LogP contribution in [0.2, 0.25) is 5.02 Å². The lowest BCUT2D eigenvalue weighted by atomic mass is 10.1. The average molecular weight is 305 g/mol. The van der Waals surface area contributed by atoms with Crippen LogP contribution in [0.5, 0.6) is 5.75 Å². The number of carbonyl (C=O) groups excluding carboxylic acids is 1. The highest BCUT2D eigenvalue weighted by Gasteiger charge is 2.16. The van der Waals surface area contributed by atoms with Crippen LogP contribution in [0, 0.1) is 0 Å². The Morgan fingerprint density at radius 2 is 2.10 bits per heavy atom. The molecule has 2 aromatic rings. The fourth-order valence-electron chi connectivity index (χ4n) is 2.01. The molecular weight excluding hydrogens is 288 g/mol. The number of hydrogen-bond donors (Lipinski definition) is 0. The van der Waals surface area contributed by atoms with Crippen LogP contribution in [0.4, 0.5) is 0 Å². The molecule has 1 aromatic carbocycles. The van der Waals surface area contributed by atoms with Crippen LogP contribution in [0.3, 0.4) is 0 Å². The van der Waals surface area contributed by atoms with Gasteiger partial charge in [-0.15, -0.1) is 0 Å². The molecule has 0 aliphatic carbocycles. The summed E-state index contributed by atoms with van der Waals surface area (Å²) in [5.74, 6) is 0.647. The lowest BCUT2D eigenvalue weighted by Gasteiger charge is -2.19. The topological polar surface area (TPSA) is 42.4 Å². The van der Waals surface area contributed by atoms with E-state index in [2.05, 4.69) is 4.98 Å². The maximum Gasteiger partial charge on any atom is 0.255 e. The van der Waals surface area contributed by atoms with Crippen molar-refractivity contribution < 1.29 is 9.53 Å². The molecule has 0 fully saturated rings. The number of halogens is 1. The SMILES string of the molecule is CCOc1ccccc1CN(C)C(=O)c1ccncc1Cl. The van der Waals surface area contributed by atoms with Crippen molar-refractivity contribution >= 4 is 17.5 Å². The number of carbonyl (C=O) groups is 1. The van der Waals surface area contributed by atoms with Gasteiger partial charge in [-0.2, -0.15) is 0 Å². The Bertz CT molecular complexity index is 631. The van der Waals surface area contributed by atoms with Gasteiger partial charge >= 0.3 is 0 Å². The van der Waals surface area contributed by atoms with Gasteiger partial charge in [-0.25, -0.2) is 0 Å². The summed E-state index contributed by atoms with van der Waals surface area (Å²) in [4.78, 5) is 17.9. The van der Waals surface area contributed by atoms with E-state index in [1.165, 1.54) is 6.20 Å². The Kier molecular flexibility index (Phi) is 5.17. The molecule has 0 spiro atoms. The van der Waals surface area contributed by atoms with Crippen molar-refractivity contribution in [3.63, 3.8) is 0 Å². The highest BCUT2D eigenvalue weighted by molar-refractivity contribution is 6.33. The van der Waals surface area contributed by atoms with Gasteiger partial charge in [0.15, 0.2) is 0 Å². The van der Waals surface area contributed by atoms with Gasteiger partial charge in [0.2, 0.25) is 0 Å². The van der Waals surface area contributed by atoms with Crippen LogP contribution >= 0.6 is 11.6 Å². The molecule has 4 nitrogen and oxygen atoms in total. The summed E-state index contributed by atoms with van der Waals surface area (Å²) in [5.41, 5.74) is 1.41. The van der Waals surface area contributed by atoms with Gasteiger partial charge in [0.25, 0.3) is 5.91 Å². The number of amides is 1. The van der Waals surface area contributed by atoms with Crippen LogP contribution in [-0.4, -0.2) is 29.4 Å². The first-order valence-corrected chi connectivity index (χ1v) is 7.07. The molecule has 0 atom stereocenters. The minimum atomic E-state index is -0.145. The maximum absolute atomic E-state index is 12.4. The highest BCUT2D eigenvalue weighted by atomic mass is 35.5. The summed E-state index contributed by atoms with van der Waals surface area (Å²) in [5, 5.41) is 0.354. The van der Waals surface area contributed by atoms with Gasteiger partial charge in [0.1, 0.15) is 5.75 Å². The second kappa shape index (κ2) is 7.09. The number of hydrogen-bond acceptors (Lipinski definition) is 3. The molecule has 0 saturated carbocycles. The molecule has 1 aromatic heterocycles. The van der Waals surface area contributed by atoms with Gasteiger partial charge in [-0.1, -0.05) is 29.8 Å². The highest BCUT2D eigenvalue weighted by Crippen LogP contribution is 2.21. The Labute approximate surface area is 129 Å². The average Bonchev–Trinajstić information content (AvgIpc) is 2.49. The summed E-state index contributed by atoms with van der Waals surface area (Å²) in [6, 6.07) is 9.31. The number of ether oxygens (including phenoxy) is 1. The van der Waals surface area contributed by atoms with Gasteiger partial charge in [0.05, 0.1) is 17.2 Å². The first-order chi connectivity index (χ1) is 10.1. The monoisotopic (exact) mass is 304 g/mol. The Hall–Kier alpha value is -2.07. The predicted octanol–water partition coefficient (Wildman–Crippen LogP) is 3.41. The molecule has 1 heterocycles. The van der Waals surface area contributed by atoms with E-state index < -0.39 is 0 Å². The number of benzene rings is 1. The minimum Gasteiger partial charge on any atom is -0.494 e. The Morgan fingerprint density at radius 1 is 1.33 bits per heavy atom. The van der Waals surface area contributed by atoms with Crippen molar-refractivity contribution in [1.29, 1.82) is 0 Å². The molecule has 0 unspecified atom stereocenters. The first-order valence-electron chi connectivity index (χ1n) is 6.69. The Balaban J connectivity index is 2.17. The quantitative estimate of drug-likeness (QED) is 0.850. The summed E-state index contributed by atoms with van der Waals surface area (Å²) in [6.07, 6.45) is 3.03. The molecule has 0 aliphatic heterocycles. The maximum atomic E-state index is 12.4. The lowest BCUT2D eigenvalue weighted by Crippen LogP contribution is -2.26. The summed E-state index contributed by atoms with van der Waals surface area (Å²) < 4.78 is 5.57. The molecule has 110 valence electrons. The van der Waals surface area contributed by atoms with Gasteiger partial charge in [-0.3, -0.25) is 9.78 Å². The Morgan fingerprint density at radius 3 is 2.81 bits per heavy atom. The number of pyridine rings is 1. The van der Waals surface area contributed by atoms with Crippen molar-refractivity contribution in [2.75, 3.05) is 13.7 Å². The molecule has 0 N–H and O–H groups in total. The van der Waals surface area contributed by atoms with E-state index in [0.717, 1.165) is 11.3 Å². The third-order valence-corrected chi connectivity index (χ3v) is 3.33. The van der Waals surface area contributed by atoms with Crippen LogP contribution in [0.1, 0.15) is 22.8 Å². The molecule has 0 radical (unpaired) electrons. The smallest absolute Gasteiger partial charge is 0.255 e. The van der Waals surface area contributed by atoms with Gasteiger partial charge in [0, 0.05) is 31.5 Å². The number of rotatable bonds is 5. The zero-order chi connectivity index (χ0) is 15.2. The second-order valence-electron chi connectivity index (χ2n) is 4.56. The molecule has 0 aliphatic rings. The summed E-state index contributed by atoms with van der Waals surface area (Å²) in [7, 11) is 1.74. The van der Waals surface area contributed by atoms with E-state index in [9.17, 15) is 4.79 Å². The summed E-state index contributed by atoms with van der Waals surface area (Å²) >= 11 is 6.01. The first kappa shape index (κ1) is 15.3. The van der Waals surface area contributed by atoms with Crippen LogP contribution in [0.25, 0.3) is 0 Å². The second-order valence-corrected chi connectivity index (χ2v) is 4.96. The number of aromatic nitrogens is 1. The largest absolute Gasteiger partial charge is 0.494 e. The standard InChI is InChI=1S/C16H17ClN2O2/c1-3-21-15-7-5-4-6-12(15)11-19(2)16(20)13-8-9-18-10-14(13)17/h4-10H,3,11H2,1-2H3.